The molecule has 1 aromatic heterocycles. The molecule has 1 aromatic rings. The molecule has 0 aliphatic carbocycles. The maximum Gasteiger partial charge on any atom is 0.271 e. The predicted octanol–water partition coefficient (Wildman–Crippen LogP) is 1.67. The van der Waals surface area contributed by atoms with Gasteiger partial charge in [0.25, 0.3) is 5.91 Å². The van der Waals surface area contributed by atoms with Crippen LogP contribution in [0.1, 0.15) is 32.3 Å². The van der Waals surface area contributed by atoms with Gasteiger partial charge in [0, 0.05) is 58.0 Å². The molecule has 0 radical (unpaired) electrons. The molecule has 0 aromatic carbocycles. The van der Waals surface area contributed by atoms with E-state index in [0.717, 1.165) is 26.1 Å². The van der Waals surface area contributed by atoms with Crippen molar-refractivity contribution in [2.45, 2.75) is 44.9 Å². The summed E-state index contributed by atoms with van der Waals surface area (Å²) in [6.07, 6.45) is 5.18. The molecule has 3 heterocycles. The number of aromatic nitrogens is 1. The zero-order valence-electron chi connectivity index (χ0n) is 14.0. The molecular formula is C17H24N4O2. The molecule has 1 saturated heterocycles. The van der Waals surface area contributed by atoms with Crippen molar-refractivity contribution in [2.24, 2.45) is 5.16 Å². The molecule has 2 aliphatic heterocycles. The monoisotopic (exact) mass is 316 g/mol. The highest BCUT2D eigenvalue weighted by Crippen LogP contribution is 2.34. The highest BCUT2D eigenvalue weighted by Gasteiger charge is 2.47. The summed E-state index contributed by atoms with van der Waals surface area (Å²) in [6.45, 7) is 6.60. The number of carbonyl (C=O) groups is 1. The predicted molar refractivity (Wildman–Crippen MR) is 87.9 cm³/mol. The van der Waals surface area contributed by atoms with Gasteiger partial charge in [-0.2, -0.15) is 0 Å². The summed E-state index contributed by atoms with van der Waals surface area (Å²) < 4.78 is 0. The Morgan fingerprint density at radius 3 is 3.04 bits per heavy atom. The highest BCUT2D eigenvalue weighted by atomic mass is 16.7. The summed E-state index contributed by atoms with van der Waals surface area (Å²) in [5, 5.41) is 4.10. The molecule has 0 bridgehead atoms. The van der Waals surface area contributed by atoms with Crippen molar-refractivity contribution in [3.05, 3.63) is 30.1 Å². The van der Waals surface area contributed by atoms with Crippen LogP contribution in [0.4, 0.5) is 0 Å². The SMILES string of the molecule is CC(C)N(C)C(=O)C1=NO[C@]2(CCN(Cc3cccnc3)C2)C1. The van der Waals surface area contributed by atoms with Gasteiger partial charge in [0.05, 0.1) is 0 Å². The van der Waals surface area contributed by atoms with Gasteiger partial charge in [-0.05, 0) is 25.5 Å². The molecule has 0 unspecified atom stereocenters. The van der Waals surface area contributed by atoms with Gasteiger partial charge >= 0.3 is 0 Å². The van der Waals surface area contributed by atoms with Gasteiger partial charge in [-0.3, -0.25) is 14.7 Å². The van der Waals surface area contributed by atoms with Crippen LogP contribution in [0.5, 0.6) is 0 Å². The summed E-state index contributed by atoms with van der Waals surface area (Å²) in [7, 11) is 1.81. The lowest BCUT2D eigenvalue weighted by molar-refractivity contribution is -0.124. The van der Waals surface area contributed by atoms with Crippen LogP contribution < -0.4 is 0 Å². The van der Waals surface area contributed by atoms with E-state index in [2.05, 4.69) is 21.1 Å². The Bertz CT molecular complexity index is 602. The van der Waals surface area contributed by atoms with Crippen molar-refractivity contribution in [1.29, 1.82) is 0 Å². The molecular weight excluding hydrogens is 292 g/mol. The Morgan fingerprint density at radius 1 is 1.52 bits per heavy atom. The minimum absolute atomic E-state index is 0.0254. The average Bonchev–Trinajstić information content (AvgIpc) is 3.14. The number of nitrogens with zero attached hydrogens (tertiary/aromatic N) is 4. The van der Waals surface area contributed by atoms with Gasteiger partial charge in [-0.1, -0.05) is 11.2 Å². The molecule has 1 atom stereocenters. The van der Waals surface area contributed by atoms with E-state index < -0.39 is 0 Å². The van der Waals surface area contributed by atoms with Crippen molar-refractivity contribution in [3.63, 3.8) is 0 Å². The Labute approximate surface area is 137 Å². The van der Waals surface area contributed by atoms with E-state index in [1.54, 1.807) is 11.1 Å². The minimum atomic E-state index is -0.328. The second-order valence-electron chi connectivity index (χ2n) is 6.82. The number of hydrogen-bond donors (Lipinski definition) is 0. The van der Waals surface area contributed by atoms with Crippen LogP contribution in [0.15, 0.2) is 29.7 Å². The summed E-state index contributed by atoms with van der Waals surface area (Å²) in [6, 6.07) is 4.19. The zero-order valence-corrected chi connectivity index (χ0v) is 14.0. The second-order valence-corrected chi connectivity index (χ2v) is 6.82. The van der Waals surface area contributed by atoms with Crippen LogP contribution in [0.3, 0.4) is 0 Å². The first-order valence-corrected chi connectivity index (χ1v) is 8.13. The van der Waals surface area contributed by atoms with Gasteiger partial charge in [0.15, 0.2) is 5.60 Å². The quantitative estimate of drug-likeness (QED) is 0.848. The Balaban J connectivity index is 1.58. The number of pyridine rings is 1. The standard InChI is InChI=1S/C17H24N4O2/c1-13(2)20(3)16(22)15-9-17(23-19-15)6-8-21(12-17)11-14-5-4-7-18-10-14/h4-5,7,10,13H,6,8-9,11-12H2,1-3H3/t17-/m1/s1. The lowest BCUT2D eigenvalue weighted by Gasteiger charge is -2.23. The van der Waals surface area contributed by atoms with E-state index in [4.69, 9.17) is 4.84 Å². The summed E-state index contributed by atoms with van der Waals surface area (Å²) in [5.74, 6) is -0.0254. The number of hydrogen-bond acceptors (Lipinski definition) is 5. The minimum Gasteiger partial charge on any atom is -0.387 e. The van der Waals surface area contributed by atoms with Gasteiger partial charge in [0.2, 0.25) is 0 Å². The number of carbonyl (C=O) groups excluding carboxylic acids is 1. The molecule has 124 valence electrons. The smallest absolute Gasteiger partial charge is 0.271 e. The van der Waals surface area contributed by atoms with Crippen molar-refractivity contribution < 1.29 is 9.63 Å². The van der Waals surface area contributed by atoms with Gasteiger partial charge in [-0.25, -0.2) is 0 Å². The number of oxime groups is 1. The highest BCUT2D eigenvalue weighted by molar-refractivity contribution is 6.39. The first-order chi connectivity index (χ1) is 11.0. The molecule has 23 heavy (non-hydrogen) atoms. The van der Waals surface area contributed by atoms with Crippen LogP contribution in [0, 0.1) is 0 Å². The Morgan fingerprint density at radius 2 is 2.35 bits per heavy atom. The maximum absolute atomic E-state index is 12.4. The van der Waals surface area contributed by atoms with Crippen LogP contribution >= 0.6 is 0 Å². The summed E-state index contributed by atoms with van der Waals surface area (Å²) >= 11 is 0. The third kappa shape index (κ3) is 3.37. The van der Waals surface area contributed by atoms with Crippen molar-refractivity contribution >= 4 is 11.6 Å². The molecule has 3 rings (SSSR count). The van der Waals surface area contributed by atoms with E-state index in [1.807, 2.05) is 33.2 Å². The number of amides is 1. The molecule has 6 nitrogen and oxygen atoms in total. The Kier molecular flexibility index (Phi) is 4.35. The van der Waals surface area contributed by atoms with E-state index in [1.165, 1.54) is 5.56 Å². The zero-order chi connectivity index (χ0) is 16.4. The van der Waals surface area contributed by atoms with Crippen LogP contribution in [-0.4, -0.2) is 58.2 Å². The van der Waals surface area contributed by atoms with E-state index in [9.17, 15) is 4.79 Å². The molecule has 1 fully saturated rings. The summed E-state index contributed by atoms with van der Waals surface area (Å²) in [5.41, 5.74) is 1.41. The Hall–Kier alpha value is -1.95. The van der Waals surface area contributed by atoms with E-state index in [0.29, 0.717) is 12.1 Å². The number of rotatable bonds is 4. The van der Waals surface area contributed by atoms with Gasteiger partial charge < -0.3 is 9.74 Å². The second kappa shape index (κ2) is 6.28. The third-order valence-electron chi connectivity index (χ3n) is 4.71. The first kappa shape index (κ1) is 15.9. The van der Waals surface area contributed by atoms with Crippen molar-refractivity contribution in [3.8, 4) is 0 Å². The molecule has 6 heteroatoms. The van der Waals surface area contributed by atoms with Crippen LogP contribution in [-0.2, 0) is 16.2 Å². The fourth-order valence-corrected chi connectivity index (χ4v) is 3.11. The van der Waals surface area contributed by atoms with Crippen molar-refractivity contribution in [2.75, 3.05) is 20.1 Å². The fourth-order valence-electron chi connectivity index (χ4n) is 3.11. The van der Waals surface area contributed by atoms with E-state index >= 15 is 0 Å². The lowest BCUT2D eigenvalue weighted by atomic mass is 9.96. The van der Waals surface area contributed by atoms with Crippen LogP contribution in [0.2, 0.25) is 0 Å². The molecule has 0 N–H and O–H groups in total. The molecule has 0 saturated carbocycles. The third-order valence-corrected chi connectivity index (χ3v) is 4.71. The topological polar surface area (TPSA) is 58.0 Å². The van der Waals surface area contributed by atoms with Gasteiger partial charge in [-0.15, -0.1) is 0 Å². The normalized spacial score (nSPS) is 24.1. The lowest BCUT2D eigenvalue weighted by Crippen LogP contribution is -2.40. The average molecular weight is 316 g/mol. The molecule has 2 aliphatic rings. The largest absolute Gasteiger partial charge is 0.387 e. The number of likely N-dealkylation sites (tertiary alicyclic amines) is 1. The maximum atomic E-state index is 12.4. The fraction of sp³-hybridized carbons (Fsp3) is 0.588. The summed E-state index contributed by atoms with van der Waals surface area (Å²) in [4.78, 5) is 26.3. The van der Waals surface area contributed by atoms with Crippen molar-refractivity contribution in [1.82, 2.24) is 14.8 Å². The van der Waals surface area contributed by atoms with E-state index in [-0.39, 0.29) is 17.6 Å². The molecule has 1 spiro atoms. The van der Waals surface area contributed by atoms with Crippen LogP contribution in [0.25, 0.3) is 0 Å². The molecule has 1 amide bonds. The van der Waals surface area contributed by atoms with Gasteiger partial charge in [0.1, 0.15) is 5.71 Å². The first-order valence-electron chi connectivity index (χ1n) is 8.13.